The molecule has 0 saturated heterocycles. The van der Waals surface area contributed by atoms with Gasteiger partial charge in [0.15, 0.2) is 5.75 Å². The SMILES string of the molecule is NC[C@H]1CNc2cccc(-c3ccc(Cl)cc3C(F)(F)F)c2O1. The summed E-state index contributed by atoms with van der Waals surface area (Å²) < 4.78 is 45.8. The normalized spacial score (nSPS) is 17.2. The van der Waals surface area contributed by atoms with Gasteiger partial charge in [0, 0.05) is 17.1 Å². The Morgan fingerprint density at radius 1 is 1.22 bits per heavy atom. The van der Waals surface area contributed by atoms with Crippen LogP contribution in [0.15, 0.2) is 36.4 Å². The number of para-hydroxylation sites is 1. The number of anilines is 1. The highest BCUT2D eigenvalue weighted by Crippen LogP contribution is 2.44. The number of nitrogens with one attached hydrogen (secondary N) is 1. The summed E-state index contributed by atoms with van der Waals surface area (Å²) in [5, 5.41) is 3.16. The van der Waals surface area contributed by atoms with Crippen molar-refractivity contribution in [2.75, 3.05) is 18.4 Å². The van der Waals surface area contributed by atoms with Crippen LogP contribution in [0.25, 0.3) is 11.1 Å². The smallest absolute Gasteiger partial charge is 0.417 e. The Bertz CT molecular complexity index is 734. The first-order chi connectivity index (χ1) is 10.9. The van der Waals surface area contributed by atoms with E-state index in [2.05, 4.69) is 5.32 Å². The monoisotopic (exact) mass is 342 g/mol. The van der Waals surface area contributed by atoms with Gasteiger partial charge in [-0.3, -0.25) is 0 Å². The van der Waals surface area contributed by atoms with E-state index in [-0.39, 0.29) is 23.2 Å². The zero-order valence-corrected chi connectivity index (χ0v) is 12.7. The fourth-order valence-corrected chi connectivity index (χ4v) is 2.74. The molecular formula is C16H14ClF3N2O. The second kappa shape index (κ2) is 5.94. The molecule has 3 N–H and O–H groups in total. The molecule has 1 aliphatic heterocycles. The van der Waals surface area contributed by atoms with E-state index in [1.807, 2.05) is 0 Å². The number of ether oxygens (including phenoxy) is 1. The van der Waals surface area contributed by atoms with Crippen LogP contribution in [0, 0.1) is 0 Å². The molecule has 2 aromatic carbocycles. The summed E-state index contributed by atoms with van der Waals surface area (Å²) in [7, 11) is 0. The van der Waals surface area contributed by atoms with Crippen molar-refractivity contribution in [2.45, 2.75) is 12.3 Å². The zero-order chi connectivity index (χ0) is 16.6. The van der Waals surface area contributed by atoms with Crippen molar-refractivity contribution in [3.8, 4) is 16.9 Å². The number of alkyl halides is 3. The van der Waals surface area contributed by atoms with Crippen molar-refractivity contribution in [1.82, 2.24) is 0 Å². The van der Waals surface area contributed by atoms with Gasteiger partial charge < -0.3 is 15.8 Å². The van der Waals surface area contributed by atoms with Gasteiger partial charge in [-0.25, -0.2) is 0 Å². The highest BCUT2D eigenvalue weighted by Gasteiger charge is 2.35. The first-order valence-corrected chi connectivity index (χ1v) is 7.38. The van der Waals surface area contributed by atoms with E-state index in [1.165, 1.54) is 12.1 Å². The number of hydrogen-bond acceptors (Lipinski definition) is 3. The molecule has 2 aromatic rings. The summed E-state index contributed by atoms with van der Waals surface area (Å²) in [6.07, 6.45) is -4.80. The number of nitrogens with two attached hydrogens (primary N) is 1. The van der Waals surface area contributed by atoms with Gasteiger partial charge >= 0.3 is 6.18 Å². The maximum absolute atomic E-state index is 13.4. The number of rotatable bonds is 2. The molecule has 1 atom stereocenters. The van der Waals surface area contributed by atoms with Crippen molar-refractivity contribution < 1.29 is 17.9 Å². The Hall–Kier alpha value is -1.92. The molecule has 23 heavy (non-hydrogen) atoms. The van der Waals surface area contributed by atoms with Gasteiger partial charge in [0.1, 0.15) is 6.10 Å². The quantitative estimate of drug-likeness (QED) is 0.861. The second-order valence-electron chi connectivity index (χ2n) is 5.23. The van der Waals surface area contributed by atoms with E-state index in [0.717, 1.165) is 6.07 Å². The van der Waals surface area contributed by atoms with Crippen molar-refractivity contribution in [3.63, 3.8) is 0 Å². The van der Waals surface area contributed by atoms with Crippen molar-refractivity contribution in [2.24, 2.45) is 5.73 Å². The van der Waals surface area contributed by atoms with Gasteiger partial charge in [-0.1, -0.05) is 29.8 Å². The van der Waals surface area contributed by atoms with Gasteiger partial charge in [0.2, 0.25) is 0 Å². The van der Waals surface area contributed by atoms with Gasteiger partial charge in [-0.2, -0.15) is 13.2 Å². The van der Waals surface area contributed by atoms with Crippen LogP contribution >= 0.6 is 11.6 Å². The highest BCUT2D eigenvalue weighted by atomic mass is 35.5. The average Bonchev–Trinajstić information content (AvgIpc) is 2.53. The van der Waals surface area contributed by atoms with Gasteiger partial charge in [-0.15, -0.1) is 0 Å². The van der Waals surface area contributed by atoms with Gasteiger partial charge in [0.25, 0.3) is 0 Å². The van der Waals surface area contributed by atoms with Crippen LogP contribution in [0.1, 0.15) is 5.56 Å². The molecule has 0 spiro atoms. The van der Waals surface area contributed by atoms with Crippen molar-refractivity contribution in [3.05, 3.63) is 47.0 Å². The fourth-order valence-electron chi connectivity index (χ4n) is 2.56. The second-order valence-corrected chi connectivity index (χ2v) is 5.66. The molecule has 7 heteroatoms. The Balaban J connectivity index is 2.17. The van der Waals surface area contributed by atoms with E-state index >= 15 is 0 Å². The molecule has 0 unspecified atom stereocenters. The summed E-state index contributed by atoms with van der Waals surface area (Å²) >= 11 is 5.74. The third kappa shape index (κ3) is 3.09. The molecule has 0 amide bonds. The average molecular weight is 343 g/mol. The maximum Gasteiger partial charge on any atom is 0.417 e. The lowest BCUT2D eigenvalue weighted by molar-refractivity contribution is -0.137. The maximum atomic E-state index is 13.4. The lowest BCUT2D eigenvalue weighted by Crippen LogP contribution is -2.37. The number of halogens is 4. The van der Waals surface area contributed by atoms with E-state index in [0.29, 0.717) is 23.5 Å². The standard InChI is InChI=1S/C16H14ClF3N2O/c17-9-4-5-11(13(6-9)16(18,19)20)12-2-1-3-14-15(12)23-10(7-21)8-22-14/h1-6,10,22H,7-8,21H2/t10-/m0/s1. The molecule has 0 radical (unpaired) electrons. The lowest BCUT2D eigenvalue weighted by Gasteiger charge is -2.29. The molecule has 3 rings (SSSR count). The Labute approximate surface area is 136 Å². The van der Waals surface area contributed by atoms with E-state index < -0.39 is 11.7 Å². The number of fused-ring (bicyclic) bond motifs is 1. The minimum Gasteiger partial charge on any atom is -0.484 e. The number of hydrogen-bond donors (Lipinski definition) is 2. The molecule has 3 nitrogen and oxygen atoms in total. The van der Waals surface area contributed by atoms with Crippen LogP contribution < -0.4 is 15.8 Å². The first-order valence-electron chi connectivity index (χ1n) is 7.01. The molecule has 1 heterocycles. The Morgan fingerprint density at radius 2 is 2.00 bits per heavy atom. The van der Waals surface area contributed by atoms with Gasteiger partial charge in [0.05, 0.1) is 17.8 Å². The first kappa shape index (κ1) is 16.0. The predicted molar refractivity (Wildman–Crippen MR) is 83.9 cm³/mol. The molecule has 0 aliphatic carbocycles. The molecule has 0 bridgehead atoms. The highest BCUT2D eigenvalue weighted by molar-refractivity contribution is 6.30. The summed E-state index contributed by atoms with van der Waals surface area (Å²) in [5.41, 5.74) is 5.84. The van der Waals surface area contributed by atoms with Gasteiger partial charge in [-0.05, 0) is 23.8 Å². The fraction of sp³-hybridized carbons (Fsp3) is 0.250. The van der Waals surface area contributed by atoms with Crippen LogP contribution in [-0.2, 0) is 6.18 Å². The Kier molecular flexibility index (Phi) is 4.12. The summed E-state index contributed by atoms with van der Waals surface area (Å²) in [4.78, 5) is 0. The van der Waals surface area contributed by atoms with E-state index in [4.69, 9.17) is 22.1 Å². The van der Waals surface area contributed by atoms with E-state index in [1.54, 1.807) is 18.2 Å². The summed E-state index contributed by atoms with van der Waals surface area (Å²) in [6, 6.07) is 8.75. The van der Waals surface area contributed by atoms with Crippen LogP contribution in [0.3, 0.4) is 0 Å². The lowest BCUT2D eigenvalue weighted by atomic mass is 9.97. The molecule has 0 aromatic heterocycles. The topological polar surface area (TPSA) is 47.3 Å². The summed E-state index contributed by atoms with van der Waals surface area (Å²) in [6.45, 7) is 0.785. The van der Waals surface area contributed by atoms with Crippen molar-refractivity contribution in [1.29, 1.82) is 0 Å². The third-order valence-corrected chi connectivity index (χ3v) is 3.89. The third-order valence-electron chi connectivity index (χ3n) is 3.66. The largest absolute Gasteiger partial charge is 0.484 e. The molecule has 122 valence electrons. The molecular weight excluding hydrogens is 329 g/mol. The Morgan fingerprint density at radius 3 is 2.70 bits per heavy atom. The minimum absolute atomic E-state index is 0.0261. The van der Waals surface area contributed by atoms with Crippen LogP contribution in [0.4, 0.5) is 18.9 Å². The molecule has 1 aliphatic rings. The predicted octanol–water partition coefficient (Wildman–Crippen LogP) is 4.16. The van der Waals surface area contributed by atoms with Crippen LogP contribution in [-0.4, -0.2) is 19.2 Å². The van der Waals surface area contributed by atoms with Crippen molar-refractivity contribution >= 4 is 17.3 Å². The summed E-state index contributed by atoms with van der Waals surface area (Å²) in [5.74, 6) is 0.377. The van der Waals surface area contributed by atoms with Crippen LogP contribution in [0.5, 0.6) is 5.75 Å². The molecule has 0 fully saturated rings. The minimum atomic E-state index is -4.52. The molecule has 0 saturated carbocycles. The number of benzene rings is 2. The zero-order valence-electron chi connectivity index (χ0n) is 12.0. The van der Waals surface area contributed by atoms with Crippen LogP contribution in [0.2, 0.25) is 5.02 Å². The van der Waals surface area contributed by atoms with E-state index in [9.17, 15) is 13.2 Å².